The van der Waals surface area contributed by atoms with Gasteiger partial charge in [0, 0.05) is 0 Å². The van der Waals surface area contributed by atoms with Crippen molar-refractivity contribution < 1.29 is 44.3 Å². The van der Waals surface area contributed by atoms with Gasteiger partial charge < -0.3 is 30.2 Å². The topological polar surface area (TPSA) is 214 Å². The molecule has 0 saturated heterocycles. The zero-order valence-corrected chi connectivity index (χ0v) is 10.5. The van der Waals surface area contributed by atoms with Crippen LogP contribution in [0.3, 0.4) is 0 Å². The van der Waals surface area contributed by atoms with Crippen molar-refractivity contribution in [3.8, 4) is 0 Å². The highest BCUT2D eigenvalue weighted by Gasteiger charge is 2.52. The van der Waals surface area contributed by atoms with E-state index >= 15 is 0 Å². The molecule has 112 valence electrons. The predicted molar refractivity (Wildman–Crippen MR) is 59.1 cm³/mol. The Bertz CT molecular complexity index is 380. The second-order valence-corrected chi connectivity index (χ2v) is 5.34. The van der Waals surface area contributed by atoms with Crippen LogP contribution in [0.5, 0.6) is 0 Å². The number of nitrogens with two attached hydrogens (primary N) is 2. The number of aliphatic hydroxyl groups excluding tert-OH is 4. The maximum absolute atomic E-state index is 10.7. The highest BCUT2D eigenvalue weighted by atomic mass is 31.2. The Kier molecular flexibility index (Phi) is 4.87. The molecule has 0 radical (unpaired) electrons. The molecule has 12 heteroatoms. The highest BCUT2D eigenvalue weighted by molar-refractivity contribution is 7.46. The lowest BCUT2D eigenvalue weighted by Gasteiger charge is -2.41. The molecular weight excluding hydrogens is 285 g/mol. The molecule has 0 amide bonds. The van der Waals surface area contributed by atoms with Crippen LogP contribution in [0.1, 0.15) is 0 Å². The van der Waals surface area contributed by atoms with Crippen molar-refractivity contribution in [1.29, 1.82) is 0 Å². The molecule has 0 spiro atoms. The Morgan fingerprint density at radius 3 is 1.74 bits per heavy atom. The molecule has 19 heavy (non-hydrogen) atoms. The van der Waals surface area contributed by atoms with Crippen molar-refractivity contribution in [2.75, 3.05) is 0 Å². The minimum absolute atomic E-state index is 0.378. The van der Waals surface area contributed by atoms with Crippen molar-refractivity contribution in [1.82, 2.24) is 0 Å². The fourth-order valence-corrected chi connectivity index (χ4v) is 2.43. The van der Waals surface area contributed by atoms with Gasteiger partial charge in [-0.05, 0) is 0 Å². The molecule has 0 aromatic carbocycles. The van der Waals surface area contributed by atoms with E-state index in [-0.39, 0.29) is 5.96 Å². The number of hydrogen-bond acceptors (Lipinski definition) is 6. The molecule has 0 bridgehead atoms. The molecule has 1 fully saturated rings. The number of phosphoric ester groups is 1. The van der Waals surface area contributed by atoms with Crippen molar-refractivity contribution in [2.24, 2.45) is 11.5 Å². The molecule has 11 nitrogen and oxygen atoms in total. The van der Waals surface area contributed by atoms with Crippen molar-refractivity contribution in [2.45, 2.75) is 36.6 Å². The molecule has 1 aliphatic rings. The molecule has 1 saturated carbocycles. The van der Waals surface area contributed by atoms with Gasteiger partial charge in [-0.25, -0.2) is 4.57 Å². The zero-order valence-electron chi connectivity index (χ0n) is 9.57. The summed E-state index contributed by atoms with van der Waals surface area (Å²) in [5.41, 5.74) is 10.2. The minimum atomic E-state index is -5.03. The number of guanidine groups is 1. The summed E-state index contributed by atoms with van der Waals surface area (Å²) in [5.74, 6) is -0.378. The SMILES string of the molecule is NC(N)=[NH+]C1C(O)C(O)C(OP(=O)(O)O)C(O)C1O. The van der Waals surface area contributed by atoms with E-state index in [0.717, 1.165) is 0 Å². The minimum Gasteiger partial charge on any atom is -0.387 e. The predicted octanol–water partition coefficient (Wildman–Crippen LogP) is -6.36. The van der Waals surface area contributed by atoms with Crippen molar-refractivity contribution >= 4 is 13.8 Å². The molecule has 0 aromatic heterocycles. The van der Waals surface area contributed by atoms with Gasteiger partial charge in [0.05, 0.1) is 0 Å². The van der Waals surface area contributed by atoms with Gasteiger partial charge in [0.2, 0.25) is 0 Å². The Balaban J connectivity index is 2.99. The molecule has 1 rings (SSSR count). The van der Waals surface area contributed by atoms with E-state index in [1.807, 2.05) is 0 Å². The highest BCUT2D eigenvalue weighted by Crippen LogP contribution is 2.41. The molecule has 0 heterocycles. The summed E-state index contributed by atoms with van der Waals surface area (Å²) in [6, 6.07) is -1.33. The number of rotatable bonds is 3. The van der Waals surface area contributed by atoms with Crippen LogP contribution in [0.15, 0.2) is 0 Å². The van der Waals surface area contributed by atoms with E-state index in [0.29, 0.717) is 0 Å². The summed E-state index contributed by atoms with van der Waals surface area (Å²) in [6.45, 7) is 0. The maximum atomic E-state index is 10.7. The Labute approximate surface area is 107 Å². The number of phosphoric acid groups is 1. The lowest BCUT2D eigenvalue weighted by Crippen LogP contribution is -2.92. The zero-order chi connectivity index (χ0) is 15.0. The van der Waals surface area contributed by atoms with Gasteiger partial charge >= 0.3 is 13.8 Å². The van der Waals surface area contributed by atoms with E-state index in [1.54, 1.807) is 0 Å². The average Bonchev–Trinajstić information content (AvgIpc) is 2.26. The monoisotopic (exact) mass is 302 g/mol. The largest absolute Gasteiger partial charge is 0.470 e. The Morgan fingerprint density at radius 1 is 1.00 bits per heavy atom. The summed E-state index contributed by atoms with van der Waals surface area (Å²) < 4.78 is 14.8. The number of nitrogens with one attached hydrogen (secondary N) is 1. The van der Waals surface area contributed by atoms with Gasteiger partial charge in [-0.2, -0.15) is 0 Å². The summed E-state index contributed by atoms with van der Waals surface area (Å²) in [7, 11) is -5.03. The first-order valence-electron chi connectivity index (χ1n) is 5.15. The van der Waals surface area contributed by atoms with Crippen molar-refractivity contribution in [3.05, 3.63) is 0 Å². The van der Waals surface area contributed by atoms with E-state index in [1.165, 1.54) is 0 Å². The van der Waals surface area contributed by atoms with Gasteiger partial charge in [-0.1, -0.05) is 0 Å². The average molecular weight is 302 g/mol. The van der Waals surface area contributed by atoms with Gasteiger partial charge in [0.25, 0.3) is 0 Å². The first-order valence-corrected chi connectivity index (χ1v) is 6.68. The standard InChI is InChI=1S/C7H16N3O8P/c8-7(9)10-1-2(11)4(13)6(5(14)3(1)12)18-19(15,16)17/h1-6,11-14H,(H4,8,9,10)(H2,15,16,17)/p+1. The summed E-state index contributed by atoms with van der Waals surface area (Å²) in [6.07, 6.45) is -9.07. The second-order valence-electron chi connectivity index (χ2n) is 4.15. The fraction of sp³-hybridized carbons (Fsp3) is 0.857. The van der Waals surface area contributed by atoms with Gasteiger partial charge in [-0.15, -0.1) is 0 Å². The first-order chi connectivity index (χ1) is 8.54. The van der Waals surface area contributed by atoms with E-state index in [2.05, 4.69) is 9.52 Å². The van der Waals surface area contributed by atoms with Crippen LogP contribution < -0.4 is 16.5 Å². The Hall–Kier alpha value is -0.780. The van der Waals surface area contributed by atoms with E-state index in [9.17, 15) is 25.0 Å². The second kappa shape index (κ2) is 5.69. The summed E-state index contributed by atoms with van der Waals surface area (Å²) >= 11 is 0. The quantitative estimate of drug-likeness (QED) is 0.136. The summed E-state index contributed by atoms with van der Waals surface area (Å²) in [4.78, 5) is 19.5. The van der Waals surface area contributed by atoms with Crippen LogP contribution in [0.4, 0.5) is 0 Å². The molecule has 11 N–H and O–H groups in total. The third kappa shape index (κ3) is 3.84. The molecular formula is C7H17N3O8P+. The van der Waals surface area contributed by atoms with Crippen molar-refractivity contribution in [3.63, 3.8) is 0 Å². The van der Waals surface area contributed by atoms with Crippen LogP contribution in [0.25, 0.3) is 0 Å². The smallest absolute Gasteiger partial charge is 0.387 e. The van der Waals surface area contributed by atoms with E-state index in [4.69, 9.17) is 21.3 Å². The lowest BCUT2D eigenvalue weighted by atomic mass is 9.83. The van der Waals surface area contributed by atoms with Crippen LogP contribution in [0, 0.1) is 0 Å². The van der Waals surface area contributed by atoms with Crippen LogP contribution in [0.2, 0.25) is 0 Å². The fourth-order valence-electron chi connectivity index (χ4n) is 1.86. The van der Waals surface area contributed by atoms with Gasteiger partial charge in [0.15, 0.2) is 0 Å². The van der Waals surface area contributed by atoms with Crippen LogP contribution >= 0.6 is 7.82 Å². The Morgan fingerprint density at radius 2 is 1.42 bits per heavy atom. The molecule has 0 aliphatic heterocycles. The number of hydrogen-bond donors (Lipinski definition) is 9. The number of aliphatic hydroxyl groups is 4. The summed E-state index contributed by atoms with van der Waals surface area (Å²) in [5, 5.41) is 38.7. The molecule has 1 aliphatic carbocycles. The van der Waals surface area contributed by atoms with Gasteiger partial charge in [-0.3, -0.25) is 21.0 Å². The van der Waals surface area contributed by atoms with Crippen LogP contribution in [-0.2, 0) is 9.09 Å². The molecule has 4 unspecified atom stereocenters. The maximum Gasteiger partial charge on any atom is 0.470 e. The lowest BCUT2D eigenvalue weighted by molar-refractivity contribution is -0.544. The molecule has 4 atom stereocenters. The third-order valence-electron chi connectivity index (χ3n) is 2.70. The normalized spacial score (nSPS) is 39.9. The van der Waals surface area contributed by atoms with Crippen LogP contribution in [-0.4, -0.2) is 72.7 Å². The van der Waals surface area contributed by atoms with E-state index < -0.39 is 44.4 Å². The third-order valence-corrected chi connectivity index (χ3v) is 3.22. The first kappa shape index (κ1) is 16.3. The molecule has 0 aromatic rings. The van der Waals surface area contributed by atoms with Gasteiger partial charge in [0.1, 0.15) is 36.6 Å².